The van der Waals surface area contributed by atoms with Crippen molar-refractivity contribution in [3.8, 4) is 5.75 Å². The van der Waals surface area contributed by atoms with Gasteiger partial charge in [-0.15, -0.1) is 5.10 Å². The Morgan fingerprint density at radius 1 is 1.06 bits per heavy atom. The molecule has 3 heterocycles. The number of carbonyl (C=O) groups is 1. The van der Waals surface area contributed by atoms with Crippen molar-refractivity contribution < 1.29 is 9.53 Å². The third kappa shape index (κ3) is 4.69. The maximum absolute atomic E-state index is 13.3. The highest BCUT2D eigenvalue weighted by Gasteiger charge is 2.43. The zero-order valence-corrected chi connectivity index (χ0v) is 19.9. The number of aromatic nitrogens is 3. The summed E-state index contributed by atoms with van der Waals surface area (Å²) in [5, 5.41) is 4.76. The quantitative estimate of drug-likeness (QED) is 0.530. The SMILES string of the molecule is CCOc1ccc(C(C2Sc3nc(C)nn3C2=O)N2CCN(Cc3ccccc3)CC2)cc1. The van der Waals surface area contributed by atoms with E-state index in [9.17, 15) is 4.79 Å². The average molecular weight is 464 g/mol. The Bertz CT molecular complexity index is 1090. The van der Waals surface area contributed by atoms with Crippen LogP contribution in [0, 0.1) is 6.92 Å². The van der Waals surface area contributed by atoms with Gasteiger partial charge in [-0.3, -0.25) is 14.6 Å². The first kappa shape index (κ1) is 22.1. The molecule has 2 aliphatic heterocycles. The van der Waals surface area contributed by atoms with Gasteiger partial charge in [0.15, 0.2) is 5.16 Å². The molecule has 3 aromatic rings. The Morgan fingerprint density at radius 3 is 2.45 bits per heavy atom. The van der Waals surface area contributed by atoms with Crippen LogP contribution in [0.4, 0.5) is 0 Å². The molecule has 5 rings (SSSR count). The number of piperazine rings is 1. The van der Waals surface area contributed by atoms with E-state index in [2.05, 4.69) is 62.3 Å². The highest BCUT2D eigenvalue weighted by Crippen LogP contribution is 2.41. The standard InChI is InChI=1S/C25H29N5O2S/c1-3-32-21-11-9-20(10-12-21)22(23-24(31)30-25(33-23)26-18(2)27-30)29-15-13-28(14-16-29)17-19-7-5-4-6-8-19/h4-12,22-23H,3,13-17H2,1-2H3. The molecule has 0 saturated carbocycles. The molecule has 1 aromatic heterocycles. The minimum atomic E-state index is -0.265. The van der Waals surface area contributed by atoms with Crippen LogP contribution in [0.5, 0.6) is 5.75 Å². The summed E-state index contributed by atoms with van der Waals surface area (Å²) in [6.07, 6.45) is 0. The smallest absolute Gasteiger partial charge is 0.264 e. The fraction of sp³-hybridized carbons (Fsp3) is 0.400. The summed E-state index contributed by atoms with van der Waals surface area (Å²) in [7, 11) is 0. The molecule has 33 heavy (non-hydrogen) atoms. The Morgan fingerprint density at radius 2 is 1.79 bits per heavy atom. The molecule has 1 saturated heterocycles. The summed E-state index contributed by atoms with van der Waals surface area (Å²) in [6, 6.07) is 18.8. The van der Waals surface area contributed by atoms with E-state index in [4.69, 9.17) is 4.74 Å². The minimum absolute atomic E-state index is 0.0150. The lowest BCUT2D eigenvalue weighted by atomic mass is 9.99. The second kappa shape index (κ2) is 9.67. The second-order valence-electron chi connectivity index (χ2n) is 8.47. The van der Waals surface area contributed by atoms with Crippen LogP contribution in [0.3, 0.4) is 0 Å². The molecule has 2 unspecified atom stereocenters. The van der Waals surface area contributed by atoms with Gasteiger partial charge in [-0.05, 0) is 37.1 Å². The monoisotopic (exact) mass is 463 g/mol. The number of ether oxygens (including phenoxy) is 1. The first-order chi connectivity index (χ1) is 16.1. The van der Waals surface area contributed by atoms with Crippen molar-refractivity contribution >= 4 is 17.7 Å². The van der Waals surface area contributed by atoms with Gasteiger partial charge in [0.05, 0.1) is 12.6 Å². The van der Waals surface area contributed by atoms with E-state index in [1.807, 2.05) is 26.0 Å². The van der Waals surface area contributed by atoms with Crippen LogP contribution in [-0.2, 0) is 6.54 Å². The van der Waals surface area contributed by atoms with Crippen molar-refractivity contribution in [2.45, 2.75) is 36.8 Å². The number of carbonyl (C=O) groups excluding carboxylic acids is 1. The molecule has 7 nitrogen and oxygen atoms in total. The number of nitrogens with zero attached hydrogens (tertiary/aromatic N) is 5. The molecule has 2 aliphatic rings. The molecule has 0 radical (unpaired) electrons. The molecular weight excluding hydrogens is 434 g/mol. The van der Waals surface area contributed by atoms with Crippen molar-refractivity contribution in [2.75, 3.05) is 32.8 Å². The normalized spacial score (nSPS) is 20.1. The van der Waals surface area contributed by atoms with E-state index in [0.717, 1.165) is 44.0 Å². The van der Waals surface area contributed by atoms with Gasteiger partial charge in [0.2, 0.25) is 0 Å². The van der Waals surface area contributed by atoms with Gasteiger partial charge in [-0.2, -0.15) is 4.68 Å². The summed E-state index contributed by atoms with van der Waals surface area (Å²) in [6.45, 7) is 9.15. The Hall–Kier alpha value is -2.68. The van der Waals surface area contributed by atoms with Crippen LogP contribution in [0.1, 0.15) is 34.7 Å². The molecule has 8 heteroatoms. The summed E-state index contributed by atoms with van der Waals surface area (Å²) in [5.41, 5.74) is 2.46. The largest absolute Gasteiger partial charge is 0.494 e. The van der Waals surface area contributed by atoms with Gasteiger partial charge < -0.3 is 4.74 Å². The van der Waals surface area contributed by atoms with E-state index in [1.54, 1.807) is 0 Å². The van der Waals surface area contributed by atoms with Crippen LogP contribution < -0.4 is 4.74 Å². The maximum atomic E-state index is 13.3. The number of rotatable bonds is 7. The summed E-state index contributed by atoms with van der Waals surface area (Å²) < 4.78 is 7.12. The number of aryl methyl sites for hydroxylation is 1. The van der Waals surface area contributed by atoms with E-state index < -0.39 is 0 Å². The molecule has 0 amide bonds. The van der Waals surface area contributed by atoms with Crippen molar-refractivity contribution in [3.05, 3.63) is 71.5 Å². The van der Waals surface area contributed by atoms with Crippen LogP contribution >= 0.6 is 11.8 Å². The predicted molar refractivity (Wildman–Crippen MR) is 129 cm³/mol. The van der Waals surface area contributed by atoms with E-state index in [0.29, 0.717) is 17.6 Å². The van der Waals surface area contributed by atoms with Gasteiger partial charge in [-0.1, -0.05) is 54.2 Å². The first-order valence-electron chi connectivity index (χ1n) is 11.5. The third-order valence-electron chi connectivity index (χ3n) is 6.24. The van der Waals surface area contributed by atoms with E-state index in [-0.39, 0.29) is 17.2 Å². The number of thioether (sulfide) groups is 1. The second-order valence-corrected chi connectivity index (χ2v) is 9.58. The van der Waals surface area contributed by atoms with Crippen molar-refractivity contribution in [3.63, 3.8) is 0 Å². The third-order valence-corrected chi connectivity index (χ3v) is 7.42. The van der Waals surface area contributed by atoms with E-state index >= 15 is 0 Å². The van der Waals surface area contributed by atoms with Crippen LogP contribution in [0.2, 0.25) is 0 Å². The van der Waals surface area contributed by atoms with Crippen LogP contribution in [0.25, 0.3) is 0 Å². The lowest BCUT2D eigenvalue weighted by Crippen LogP contribution is -2.50. The highest BCUT2D eigenvalue weighted by atomic mass is 32.2. The highest BCUT2D eigenvalue weighted by molar-refractivity contribution is 8.00. The summed E-state index contributed by atoms with van der Waals surface area (Å²) >= 11 is 1.53. The summed E-state index contributed by atoms with van der Waals surface area (Å²) in [5.74, 6) is 1.50. The molecular formula is C25H29N5O2S. The molecule has 0 N–H and O–H groups in total. The number of fused-ring (bicyclic) bond motifs is 1. The lowest BCUT2D eigenvalue weighted by Gasteiger charge is -2.41. The van der Waals surface area contributed by atoms with Gasteiger partial charge in [0.1, 0.15) is 16.8 Å². The number of benzene rings is 2. The molecule has 2 atom stereocenters. The van der Waals surface area contributed by atoms with Crippen molar-refractivity contribution in [1.82, 2.24) is 24.6 Å². The maximum Gasteiger partial charge on any atom is 0.264 e. The van der Waals surface area contributed by atoms with Crippen LogP contribution in [-0.4, -0.2) is 68.5 Å². The van der Waals surface area contributed by atoms with Gasteiger partial charge in [0.25, 0.3) is 5.91 Å². The fourth-order valence-electron chi connectivity index (χ4n) is 4.65. The van der Waals surface area contributed by atoms with Gasteiger partial charge >= 0.3 is 0 Å². The van der Waals surface area contributed by atoms with Gasteiger partial charge in [-0.25, -0.2) is 4.98 Å². The molecule has 0 aliphatic carbocycles. The zero-order valence-electron chi connectivity index (χ0n) is 19.1. The first-order valence-corrected chi connectivity index (χ1v) is 12.4. The van der Waals surface area contributed by atoms with Gasteiger partial charge in [0, 0.05) is 32.7 Å². The van der Waals surface area contributed by atoms with Crippen LogP contribution in [0.15, 0.2) is 59.8 Å². The van der Waals surface area contributed by atoms with Crippen molar-refractivity contribution in [1.29, 1.82) is 0 Å². The topological polar surface area (TPSA) is 63.5 Å². The zero-order chi connectivity index (χ0) is 22.8. The van der Waals surface area contributed by atoms with Crippen molar-refractivity contribution in [2.24, 2.45) is 0 Å². The molecule has 2 aromatic carbocycles. The fourth-order valence-corrected chi connectivity index (χ4v) is 5.95. The lowest BCUT2D eigenvalue weighted by molar-refractivity contribution is 0.0715. The Balaban J connectivity index is 1.35. The molecule has 0 spiro atoms. The van der Waals surface area contributed by atoms with E-state index in [1.165, 1.54) is 22.0 Å². The molecule has 0 bridgehead atoms. The molecule has 172 valence electrons. The molecule has 1 fully saturated rings. The Kier molecular flexibility index (Phi) is 6.48. The number of hydrogen-bond donors (Lipinski definition) is 0. The summed E-state index contributed by atoms with van der Waals surface area (Å²) in [4.78, 5) is 22.7. The number of hydrogen-bond acceptors (Lipinski definition) is 7. The Labute approximate surface area is 198 Å². The minimum Gasteiger partial charge on any atom is -0.494 e. The average Bonchev–Trinajstić information content (AvgIpc) is 3.34. The predicted octanol–water partition coefficient (Wildman–Crippen LogP) is 3.66.